The number of benzene rings is 1. The van der Waals surface area contributed by atoms with Gasteiger partial charge in [0, 0.05) is 6.20 Å². The van der Waals surface area contributed by atoms with E-state index in [1.54, 1.807) is 24.0 Å². The smallest absolute Gasteiger partial charge is 0.169 e. The Labute approximate surface area is 143 Å². The molecule has 1 aromatic heterocycles. The Hall–Kier alpha value is -2.11. The van der Waals surface area contributed by atoms with Crippen molar-refractivity contribution in [1.29, 1.82) is 0 Å². The fourth-order valence-corrected chi connectivity index (χ4v) is 3.43. The number of nitrogens with one attached hydrogen (secondary N) is 2. The van der Waals surface area contributed by atoms with Crippen molar-refractivity contribution in [2.45, 2.75) is 13.1 Å². The van der Waals surface area contributed by atoms with Crippen molar-refractivity contribution in [2.75, 3.05) is 40.4 Å². The van der Waals surface area contributed by atoms with E-state index in [1.165, 1.54) is 37.4 Å². The molecule has 0 aliphatic carbocycles. The number of quaternary nitrogens is 2. The summed E-state index contributed by atoms with van der Waals surface area (Å²) in [5.74, 6) is 1.68. The van der Waals surface area contributed by atoms with E-state index in [-0.39, 0.29) is 0 Å². The van der Waals surface area contributed by atoms with Gasteiger partial charge in [-0.3, -0.25) is 4.98 Å². The van der Waals surface area contributed by atoms with Gasteiger partial charge in [-0.25, -0.2) is 0 Å². The average molecular weight is 329 g/mol. The first kappa shape index (κ1) is 16.7. The number of piperazine rings is 1. The van der Waals surface area contributed by atoms with Crippen LogP contribution in [0.25, 0.3) is 0 Å². The van der Waals surface area contributed by atoms with Crippen molar-refractivity contribution in [3.05, 3.63) is 53.9 Å². The first-order valence-corrected chi connectivity index (χ1v) is 8.57. The molecule has 0 spiro atoms. The molecule has 5 nitrogen and oxygen atoms in total. The highest BCUT2D eigenvalue weighted by molar-refractivity contribution is 5.46. The van der Waals surface area contributed by atoms with E-state index in [0.717, 1.165) is 24.6 Å². The van der Waals surface area contributed by atoms with Gasteiger partial charge in [0.1, 0.15) is 39.3 Å². The quantitative estimate of drug-likeness (QED) is 0.756. The van der Waals surface area contributed by atoms with Crippen LogP contribution in [0, 0.1) is 0 Å². The van der Waals surface area contributed by atoms with Crippen LogP contribution in [0.5, 0.6) is 11.5 Å². The predicted molar refractivity (Wildman–Crippen MR) is 92.6 cm³/mol. The van der Waals surface area contributed by atoms with Gasteiger partial charge in [-0.05, 0) is 24.3 Å². The standard InChI is InChI=1S/C19H25N3O2/c1-23-18-8-5-6-16(19(18)24-2)14-21-10-12-22(13-11-21)15-17-7-3-4-9-20-17/h3-9H,10-15H2,1-2H3/p+2. The Bertz CT molecular complexity index is 640. The molecule has 3 rings (SSSR count). The maximum absolute atomic E-state index is 5.56. The van der Waals surface area contributed by atoms with Crippen molar-refractivity contribution < 1.29 is 19.3 Å². The summed E-state index contributed by atoms with van der Waals surface area (Å²) in [6.07, 6.45) is 1.88. The van der Waals surface area contributed by atoms with Gasteiger partial charge in [-0.15, -0.1) is 0 Å². The third-order valence-electron chi connectivity index (χ3n) is 4.75. The van der Waals surface area contributed by atoms with Gasteiger partial charge in [0.25, 0.3) is 0 Å². The number of rotatable bonds is 6. The second-order valence-electron chi connectivity index (χ2n) is 6.33. The Morgan fingerprint density at radius 2 is 1.62 bits per heavy atom. The van der Waals surface area contributed by atoms with E-state index in [1.807, 2.05) is 24.4 Å². The van der Waals surface area contributed by atoms with Crippen LogP contribution in [0.3, 0.4) is 0 Å². The Balaban J connectivity index is 1.56. The van der Waals surface area contributed by atoms with Gasteiger partial charge in [0.15, 0.2) is 11.5 Å². The summed E-state index contributed by atoms with van der Waals surface area (Å²) in [5.41, 5.74) is 2.41. The molecular formula is C19H27N3O2+2. The number of hydrogen-bond acceptors (Lipinski definition) is 3. The highest BCUT2D eigenvalue weighted by Crippen LogP contribution is 2.29. The van der Waals surface area contributed by atoms with Crippen LogP contribution < -0.4 is 19.3 Å². The predicted octanol–water partition coefficient (Wildman–Crippen LogP) is -0.418. The fraction of sp³-hybridized carbons (Fsp3) is 0.421. The molecular weight excluding hydrogens is 302 g/mol. The van der Waals surface area contributed by atoms with Crippen LogP contribution in [0.1, 0.15) is 11.3 Å². The van der Waals surface area contributed by atoms with Crippen molar-refractivity contribution in [2.24, 2.45) is 0 Å². The molecule has 0 radical (unpaired) electrons. The lowest BCUT2D eigenvalue weighted by molar-refractivity contribution is -1.02. The van der Waals surface area contributed by atoms with Crippen molar-refractivity contribution in [3.63, 3.8) is 0 Å². The Morgan fingerprint density at radius 1 is 0.875 bits per heavy atom. The molecule has 1 aromatic carbocycles. The maximum Gasteiger partial charge on any atom is 0.169 e. The minimum Gasteiger partial charge on any atom is -0.493 e. The van der Waals surface area contributed by atoms with E-state index in [9.17, 15) is 0 Å². The van der Waals surface area contributed by atoms with Gasteiger partial charge in [0.05, 0.1) is 25.5 Å². The zero-order valence-corrected chi connectivity index (χ0v) is 14.5. The second-order valence-corrected chi connectivity index (χ2v) is 6.33. The number of pyridine rings is 1. The summed E-state index contributed by atoms with van der Waals surface area (Å²) in [6, 6.07) is 12.3. The molecule has 0 bridgehead atoms. The molecule has 0 unspecified atom stereocenters. The number of ether oxygens (including phenoxy) is 2. The summed E-state index contributed by atoms with van der Waals surface area (Å²) < 4.78 is 11.0. The van der Waals surface area contributed by atoms with Gasteiger partial charge in [-0.2, -0.15) is 0 Å². The van der Waals surface area contributed by atoms with Gasteiger partial charge in [0.2, 0.25) is 0 Å². The van der Waals surface area contributed by atoms with Crippen molar-refractivity contribution >= 4 is 0 Å². The minimum absolute atomic E-state index is 0.814. The zero-order valence-electron chi connectivity index (χ0n) is 14.5. The summed E-state index contributed by atoms with van der Waals surface area (Å²) in [7, 11) is 3.40. The number of para-hydroxylation sites is 1. The van der Waals surface area contributed by atoms with Gasteiger partial charge < -0.3 is 19.3 Å². The lowest BCUT2D eigenvalue weighted by Gasteiger charge is -2.30. The molecule has 2 aromatic rings. The van der Waals surface area contributed by atoms with Crippen LogP contribution in [0.15, 0.2) is 42.6 Å². The normalized spacial score (nSPS) is 20.6. The molecule has 2 heterocycles. The first-order chi connectivity index (χ1) is 11.8. The summed E-state index contributed by atoms with van der Waals surface area (Å²) >= 11 is 0. The second kappa shape index (κ2) is 8.13. The first-order valence-electron chi connectivity index (χ1n) is 8.57. The molecule has 0 atom stereocenters. The highest BCUT2D eigenvalue weighted by Gasteiger charge is 2.24. The molecule has 1 fully saturated rings. The zero-order chi connectivity index (χ0) is 16.8. The van der Waals surface area contributed by atoms with Gasteiger partial charge >= 0.3 is 0 Å². The van der Waals surface area contributed by atoms with E-state index in [2.05, 4.69) is 23.2 Å². The van der Waals surface area contributed by atoms with Gasteiger partial charge in [-0.1, -0.05) is 12.1 Å². The Morgan fingerprint density at radius 3 is 2.25 bits per heavy atom. The molecule has 128 valence electrons. The average Bonchev–Trinajstić information content (AvgIpc) is 2.64. The van der Waals surface area contributed by atoms with Crippen LogP contribution in [0.4, 0.5) is 0 Å². The number of methoxy groups -OCH3 is 2. The lowest BCUT2D eigenvalue weighted by atomic mass is 10.1. The van der Waals surface area contributed by atoms with E-state index < -0.39 is 0 Å². The van der Waals surface area contributed by atoms with Crippen LogP contribution in [-0.2, 0) is 13.1 Å². The molecule has 1 aliphatic rings. The van der Waals surface area contributed by atoms with Crippen molar-refractivity contribution in [3.8, 4) is 11.5 Å². The van der Waals surface area contributed by atoms with Crippen molar-refractivity contribution in [1.82, 2.24) is 4.98 Å². The summed E-state index contributed by atoms with van der Waals surface area (Å²) in [6.45, 7) is 6.70. The topological polar surface area (TPSA) is 40.2 Å². The van der Waals surface area contributed by atoms with E-state index >= 15 is 0 Å². The molecule has 24 heavy (non-hydrogen) atoms. The molecule has 1 saturated heterocycles. The Kier molecular flexibility index (Phi) is 5.67. The number of nitrogens with zero attached hydrogens (tertiary/aromatic N) is 1. The minimum atomic E-state index is 0.814. The number of aromatic nitrogens is 1. The maximum atomic E-state index is 5.56. The largest absolute Gasteiger partial charge is 0.493 e. The number of hydrogen-bond donors (Lipinski definition) is 2. The SMILES string of the molecule is COc1cccc(C[NH+]2CC[NH+](Cc3ccccn3)CC2)c1OC. The molecule has 0 saturated carbocycles. The fourth-order valence-electron chi connectivity index (χ4n) is 3.43. The van der Waals surface area contributed by atoms with Crippen LogP contribution in [0.2, 0.25) is 0 Å². The summed E-state index contributed by atoms with van der Waals surface area (Å²) in [4.78, 5) is 7.67. The third kappa shape index (κ3) is 4.04. The monoisotopic (exact) mass is 329 g/mol. The van der Waals surface area contributed by atoms with Crippen LogP contribution >= 0.6 is 0 Å². The molecule has 0 amide bonds. The molecule has 2 N–H and O–H groups in total. The third-order valence-corrected chi connectivity index (χ3v) is 4.75. The lowest BCUT2D eigenvalue weighted by Crippen LogP contribution is -3.27. The van der Waals surface area contributed by atoms with Crippen LogP contribution in [-0.4, -0.2) is 45.4 Å². The van der Waals surface area contributed by atoms with E-state index in [4.69, 9.17) is 9.47 Å². The highest BCUT2D eigenvalue weighted by atomic mass is 16.5. The summed E-state index contributed by atoms with van der Waals surface area (Å²) in [5, 5.41) is 0. The molecule has 5 heteroatoms. The van der Waals surface area contributed by atoms with E-state index in [0.29, 0.717) is 0 Å². The molecule has 1 aliphatic heterocycles.